The van der Waals surface area contributed by atoms with Crippen LogP contribution in [0.4, 0.5) is 5.82 Å². The van der Waals surface area contributed by atoms with Gasteiger partial charge in [0.25, 0.3) is 0 Å². The first-order chi connectivity index (χ1) is 8.45. The third kappa shape index (κ3) is 2.29. The normalized spacial score (nSPS) is 31.8. The zero-order chi connectivity index (χ0) is 13.4. The third-order valence-electron chi connectivity index (χ3n) is 2.73. The number of halogens is 1. The molecule has 4 atom stereocenters. The zero-order valence-corrected chi connectivity index (χ0v) is 11.5. The molecule has 0 amide bonds. The summed E-state index contributed by atoms with van der Waals surface area (Å²) in [5.74, 6) is 0.225. The number of anilines is 1. The largest absolute Gasteiger partial charge is 0.394 e. The predicted molar refractivity (Wildman–Crippen MR) is 68.2 cm³/mol. The maximum atomic E-state index is 9.87. The van der Waals surface area contributed by atoms with E-state index in [0.717, 1.165) is 0 Å². The van der Waals surface area contributed by atoms with E-state index in [2.05, 4.69) is 20.9 Å². The molecule has 2 heterocycles. The van der Waals surface area contributed by atoms with Gasteiger partial charge in [-0.15, -0.1) is 0 Å². The van der Waals surface area contributed by atoms with Crippen molar-refractivity contribution in [3.8, 4) is 0 Å². The average molecular weight is 338 g/mol. The average Bonchev–Trinajstić information content (AvgIpc) is 2.61. The van der Waals surface area contributed by atoms with Crippen molar-refractivity contribution in [3.05, 3.63) is 15.4 Å². The second-order valence-electron chi connectivity index (χ2n) is 3.89. The molecule has 1 aromatic rings. The van der Waals surface area contributed by atoms with Gasteiger partial charge >= 0.3 is 0 Å². The summed E-state index contributed by atoms with van der Waals surface area (Å²) in [6.07, 6.45) is -2.63. The molecule has 7 nitrogen and oxygen atoms in total. The second kappa shape index (κ2) is 5.19. The van der Waals surface area contributed by atoms with Crippen molar-refractivity contribution in [2.24, 2.45) is 0 Å². The number of ether oxygens (including phenoxy) is 1. The van der Waals surface area contributed by atoms with E-state index in [0.29, 0.717) is 4.47 Å². The number of aromatic nitrogens is 2. The highest BCUT2D eigenvalue weighted by Crippen LogP contribution is 2.30. The Balaban J connectivity index is 2.39. The smallest absolute Gasteiger partial charge is 0.203 e. The third-order valence-corrected chi connectivity index (χ3v) is 3.64. The first-order valence-corrected chi connectivity index (χ1v) is 6.32. The van der Waals surface area contributed by atoms with Gasteiger partial charge in [-0.3, -0.25) is 4.57 Å². The van der Waals surface area contributed by atoms with Crippen LogP contribution < -0.4 is 5.73 Å². The van der Waals surface area contributed by atoms with Crippen LogP contribution in [-0.2, 0) is 4.74 Å². The molecule has 1 aliphatic rings. The van der Waals surface area contributed by atoms with E-state index < -0.39 is 31.1 Å². The quantitative estimate of drug-likeness (QED) is 0.541. The standard InChI is InChI=1S/C9H12BrN3O4S/c10-3-1-13(9(18)12-7(3)11)8-6(16)5(15)4(2-14)17-8/h1,4-6,8,14-16H,2H2,(H2,11,12,18)/t4-,5?,6?,8-/m1/s1. The van der Waals surface area contributed by atoms with Crippen molar-refractivity contribution in [3.63, 3.8) is 0 Å². The van der Waals surface area contributed by atoms with Gasteiger partial charge in [0, 0.05) is 6.20 Å². The predicted octanol–water partition coefficient (Wildman–Crippen LogP) is -0.431. The van der Waals surface area contributed by atoms with Gasteiger partial charge in [0.15, 0.2) is 6.23 Å². The van der Waals surface area contributed by atoms with Crippen LogP contribution in [-0.4, -0.2) is 49.8 Å². The summed E-state index contributed by atoms with van der Waals surface area (Å²) >= 11 is 8.21. The van der Waals surface area contributed by atoms with E-state index in [1.165, 1.54) is 10.8 Å². The van der Waals surface area contributed by atoms with Crippen molar-refractivity contribution >= 4 is 34.0 Å². The van der Waals surface area contributed by atoms with E-state index in [-0.39, 0.29) is 10.6 Å². The van der Waals surface area contributed by atoms with E-state index in [4.69, 9.17) is 27.8 Å². The molecule has 2 rings (SSSR count). The van der Waals surface area contributed by atoms with E-state index in [1.807, 2.05) is 0 Å². The fourth-order valence-corrected chi connectivity index (χ4v) is 2.31. The molecule has 100 valence electrons. The maximum absolute atomic E-state index is 9.87. The lowest BCUT2D eigenvalue weighted by Gasteiger charge is -2.18. The van der Waals surface area contributed by atoms with Gasteiger partial charge in [-0.05, 0) is 28.1 Å². The van der Waals surface area contributed by atoms with Crippen LogP contribution in [0.1, 0.15) is 6.23 Å². The number of hydrogen-bond donors (Lipinski definition) is 4. The van der Waals surface area contributed by atoms with Crippen molar-refractivity contribution < 1.29 is 20.1 Å². The molecule has 2 unspecified atom stereocenters. The molecule has 9 heteroatoms. The van der Waals surface area contributed by atoms with Crippen LogP contribution >= 0.6 is 28.1 Å². The highest BCUT2D eigenvalue weighted by molar-refractivity contribution is 9.10. The Labute approximate surface area is 116 Å². The minimum atomic E-state index is -1.20. The fraction of sp³-hybridized carbons (Fsp3) is 0.556. The first kappa shape index (κ1) is 13.8. The summed E-state index contributed by atoms with van der Waals surface area (Å²) < 4.78 is 7.33. The van der Waals surface area contributed by atoms with Gasteiger partial charge in [-0.2, -0.15) is 0 Å². The maximum Gasteiger partial charge on any atom is 0.203 e. The molecule has 0 saturated carbocycles. The minimum Gasteiger partial charge on any atom is -0.394 e. The highest BCUT2D eigenvalue weighted by Gasteiger charge is 2.43. The van der Waals surface area contributed by atoms with Gasteiger partial charge in [-0.1, -0.05) is 0 Å². The molecular weight excluding hydrogens is 326 g/mol. The molecule has 0 aromatic carbocycles. The van der Waals surface area contributed by atoms with E-state index in [9.17, 15) is 10.2 Å². The highest BCUT2D eigenvalue weighted by atomic mass is 79.9. The van der Waals surface area contributed by atoms with E-state index in [1.54, 1.807) is 0 Å². The lowest BCUT2D eigenvalue weighted by atomic mass is 10.1. The summed E-state index contributed by atoms with van der Waals surface area (Å²) in [7, 11) is 0. The second-order valence-corrected chi connectivity index (χ2v) is 5.11. The first-order valence-electron chi connectivity index (χ1n) is 5.12. The molecule has 1 fully saturated rings. The molecule has 0 radical (unpaired) electrons. The van der Waals surface area contributed by atoms with Crippen molar-refractivity contribution in [2.75, 3.05) is 12.3 Å². The van der Waals surface area contributed by atoms with Crippen LogP contribution in [0, 0.1) is 4.77 Å². The number of hydrogen-bond acceptors (Lipinski definition) is 7. The van der Waals surface area contributed by atoms with Crippen molar-refractivity contribution in [1.29, 1.82) is 0 Å². The molecule has 5 N–H and O–H groups in total. The van der Waals surface area contributed by atoms with Crippen LogP contribution in [0.3, 0.4) is 0 Å². The molecule has 18 heavy (non-hydrogen) atoms. The van der Waals surface area contributed by atoms with Gasteiger partial charge in [0.1, 0.15) is 24.1 Å². The summed E-state index contributed by atoms with van der Waals surface area (Å²) in [5.41, 5.74) is 5.57. The molecule has 0 aliphatic carbocycles. The number of nitrogens with two attached hydrogens (primary N) is 1. The minimum absolute atomic E-state index is 0.116. The van der Waals surface area contributed by atoms with Crippen LogP contribution in [0.15, 0.2) is 10.7 Å². The lowest BCUT2D eigenvalue weighted by molar-refractivity contribution is -0.0541. The summed E-state index contributed by atoms with van der Waals surface area (Å²) in [5, 5.41) is 28.5. The van der Waals surface area contributed by atoms with Crippen molar-refractivity contribution in [2.45, 2.75) is 24.5 Å². The van der Waals surface area contributed by atoms with Crippen LogP contribution in [0.25, 0.3) is 0 Å². The molecule has 1 saturated heterocycles. The monoisotopic (exact) mass is 337 g/mol. The summed E-state index contributed by atoms with van der Waals surface area (Å²) in [6.45, 7) is -0.397. The molecule has 1 aromatic heterocycles. The Morgan fingerprint density at radius 2 is 2.17 bits per heavy atom. The molecule has 0 spiro atoms. The Bertz CT molecular complexity index is 511. The van der Waals surface area contributed by atoms with Gasteiger partial charge < -0.3 is 25.8 Å². The topological polar surface area (TPSA) is 114 Å². The number of rotatable bonds is 2. The SMILES string of the molecule is Nc1nc(=S)n([C@@H]2O[C@H](CO)C(O)C2O)cc1Br. The van der Waals surface area contributed by atoms with Gasteiger partial charge in [-0.25, -0.2) is 4.98 Å². The van der Waals surface area contributed by atoms with Gasteiger partial charge in [0.05, 0.1) is 11.1 Å². The molecular formula is C9H12BrN3O4S. The van der Waals surface area contributed by atoms with E-state index >= 15 is 0 Å². The Hall–Kier alpha value is -0.580. The Morgan fingerprint density at radius 3 is 2.72 bits per heavy atom. The Morgan fingerprint density at radius 1 is 1.50 bits per heavy atom. The number of nitrogen functional groups attached to an aromatic ring is 1. The number of aliphatic hydroxyl groups excluding tert-OH is 3. The number of nitrogens with zero attached hydrogens (tertiary/aromatic N) is 2. The molecule has 0 bridgehead atoms. The fourth-order valence-electron chi connectivity index (χ4n) is 1.75. The summed E-state index contributed by atoms with van der Waals surface area (Å²) in [4.78, 5) is 3.90. The van der Waals surface area contributed by atoms with Gasteiger partial charge in [0.2, 0.25) is 4.77 Å². The van der Waals surface area contributed by atoms with Crippen LogP contribution in [0.2, 0.25) is 0 Å². The lowest BCUT2D eigenvalue weighted by Crippen LogP contribution is -2.33. The Kier molecular flexibility index (Phi) is 3.99. The molecule has 1 aliphatic heterocycles. The summed E-state index contributed by atoms with van der Waals surface area (Å²) in [6, 6.07) is 0. The van der Waals surface area contributed by atoms with Crippen molar-refractivity contribution in [1.82, 2.24) is 9.55 Å². The number of aliphatic hydroxyl groups is 3. The zero-order valence-electron chi connectivity index (χ0n) is 9.10. The van der Waals surface area contributed by atoms with Crippen LogP contribution in [0.5, 0.6) is 0 Å².